The Bertz CT molecular complexity index is 1110. The summed E-state index contributed by atoms with van der Waals surface area (Å²) in [6, 6.07) is 8.29. The summed E-state index contributed by atoms with van der Waals surface area (Å²) in [5.41, 5.74) is 1.32. The summed E-state index contributed by atoms with van der Waals surface area (Å²) in [5.74, 6) is 0.880. The number of carbonyl (C=O) groups excluding carboxylic acids is 1. The van der Waals surface area contributed by atoms with Gasteiger partial charge in [0, 0.05) is 25.8 Å². The van der Waals surface area contributed by atoms with E-state index in [4.69, 9.17) is 0 Å². The van der Waals surface area contributed by atoms with Crippen LogP contribution in [0.3, 0.4) is 0 Å². The highest BCUT2D eigenvalue weighted by molar-refractivity contribution is 7.90. The maximum Gasteiger partial charge on any atom is 0.224 e. The molecular formula is C17H20N6O3S. The Morgan fingerprint density at radius 2 is 1.96 bits per heavy atom. The number of benzene rings is 1. The van der Waals surface area contributed by atoms with E-state index in [1.165, 1.54) is 12.3 Å². The molecule has 0 bridgehead atoms. The van der Waals surface area contributed by atoms with E-state index < -0.39 is 9.84 Å². The zero-order valence-electron chi connectivity index (χ0n) is 15.1. The molecule has 0 spiro atoms. The van der Waals surface area contributed by atoms with Crippen molar-refractivity contribution in [2.24, 2.45) is 0 Å². The predicted octanol–water partition coefficient (Wildman–Crippen LogP) is 2.27. The lowest BCUT2D eigenvalue weighted by atomic mass is 10.3. The number of para-hydroxylation sites is 1. The van der Waals surface area contributed by atoms with E-state index in [2.05, 4.69) is 26.0 Å². The van der Waals surface area contributed by atoms with Gasteiger partial charge in [0.15, 0.2) is 15.5 Å². The van der Waals surface area contributed by atoms with Gasteiger partial charge in [0.2, 0.25) is 5.91 Å². The highest BCUT2D eigenvalue weighted by Crippen LogP contribution is 2.27. The molecule has 0 saturated carbocycles. The van der Waals surface area contributed by atoms with Crippen molar-refractivity contribution in [3.63, 3.8) is 0 Å². The first-order valence-electron chi connectivity index (χ1n) is 8.26. The summed E-state index contributed by atoms with van der Waals surface area (Å²) in [4.78, 5) is 16.4. The van der Waals surface area contributed by atoms with Crippen molar-refractivity contribution < 1.29 is 13.2 Å². The Hall–Kier alpha value is -3.14. The molecule has 1 amide bonds. The van der Waals surface area contributed by atoms with Crippen LogP contribution < -0.4 is 16.0 Å². The number of amides is 1. The molecule has 3 aromatic rings. The first kappa shape index (κ1) is 18.6. The van der Waals surface area contributed by atoms with Crippen molar-refractivity contribution in [2.45, 2.75) is 18.2 Å². The third-order valence-corrected chi connectivity index (χ3v) is 5.03. The fourth-order valence-corrected chi connectivity index (χ4v) is 3.41. The normalized spacial score (nSPS) is 11.4. The molecule has 0 saturated heterocycles. The van der Waals surface area contributed by atoms with Gasteiger partial charge in [0.1, 0.15) is 17.3 Å². The first-order chi connectivity index (χ1) is 12.8. The molecule has 2 heterocycles. The number of nitrogens with one attached hydrogen (secondary N) is 3. The summed E-state index contributed by atoms with van der Waals surface area (Å²) in [5, 5.41) is 13.0. The monoisotopic (exact) mass is 388 g/mol. The smallest absolute Gasteiger partial charge is 0.224 e. The average molecular weight is 388 g/mol. The molecule has 2 aromatic heterocycles. The Kier molecular flexibility index (Phi) is 5.00. The minimum atomic E-state index is -3.41. The number of rotatable bonds is 6. The fourth-order valence-electron chi connectivity index (χ4n) is 2.56. The number of aromatic nitrogens is 3. The number of nitrogens with zero attached hydrogens (tertiary/aromatic N) is 3. The lowest BCUT2D eigenvalue weighted by Crippen LogP contribution is -2.10. The van der Waals surface area contributed by atoms with Gasteiger partial charge in [0.05, 0.1) is 16.8 Å². The summed E-state index contributed by atoms with van der Waals surface area (Å²) in [6.45, 7) is 1.75. The molecule has 3 N–H and O–H groups in total. The van der Waals surface area contributed by atoms with Crippen LogP contribution in [0.15, 0.2) is 41.4 Å². The van der Waals surface area contributed by atoms with E-state index in [0.29, 0.717) is 35.1 Å². The van der Waals surface area contributed by atoms with Gasteiger partial charge in [-0.1, -0.05) is 19.1 Å². The second-order valence-electron chi connectivity index (χ2n) is 5.87. The zero-order valence-corrected chi connectivity index (χ0v) is 16.0. The van der Waals surface area contributed by atoms with E-state index in [-0.39, 0.29) is 10.8 Å². The van der Waals surface area contributed by atoms with Crippen LogP contribution in [0, 0.1) is 0 Å². The zero-order chi connectivity index (χ0) is 19.6. The molecule has 9 nitrogen and oxygen atoms in total. The van der Waals surface area contributed by atoms with Crippen LogP contribution >= 0.6 is 0 Å². The second-order valence-corrected chi connectivity index (χ2v) is 7.85. The molecule has 0 radical (unpaired) electrons. The number of carbonyl (C=O) groups is 1. The summed E-state index contributed by atoms with van der Waals surface area (Å²) < 4.78 is 25.6. The van der Waals surface area contributed by atoms with Crippen molar-refractivity contribution >= 4 is 44.4 Å². The van der Waals surface area contributed by atoms with Crippen molar-refractivity contribution in [1.29, 1.82) is 0 Å². The quantitative estimate of drug-likeness (QED) is 0.593. The molecule has 0 unspecified atom stereocenters. The lowest BCUT2D eigenvalue weighted by Gasteiger charge is -2.12. The Labute approximate surface area is 156 Å². The topological polar surface area (TPSA) is 117 Å². The van der Waals surface area contributed by atoms with Crippen LogP contribution in [0.25, 0.3) is 5.65 Å². The molecule has 3 rings (SSSR count). The van der Waals surface area contributed by atoms with Gasteiger partial charge in [-0.2, -0.15) is 9.61 Å². The van der Waals surface area contributed by atoms with Crippen LogP contribution in [0.1, 0.15) is 13.3 Å². The third-order valence-electron chi connectivity index (χ3n) is 3.87. The highest BCUT2D eigenvalue weighted by atomic mass is 32.2. The minimum absolute atomic E-state index is 0.154. The molecule has 0 atom stereocenters. The number of hydrogen-bond donors (Lipinski definition) is 3. The van der Waals surface area contributed by atoms with Crippen LogP contribution in [0.4, 0.5) is 23.0 Å². The average Bonchev–Trinajstić information content (AvgIpc) is 3.03. The number of hydrogen-bond acceptors (Lipinski definition) is 7. The van der Waals surface area contributed by atoms with Gasteiger partial charge in [-0.25, -0.2) is 13.4 Å². The Morgan fingerprint density at radius 1 is 1.22 bits per heavy atom. The summed E-state index contributed by atoms with van der Waals surface area (Å²) in [7, 11) is -1.68. The van der Waals surface area contributed by atoms with E-state index in [1.54, 1.807) is 42.8 Å². The maximum atomic E-state index is 12.0. The van der Waals surface area contributed by atoms with E-state index in [1.807, 2.05) is 0 Å². The van der Waals surface area contributed by atoms with Crippen LogP contribution in [0.5, 0.6) is 0 Å². The van der Waals surface area contributed by atoms with Gasteiger partial charge in [-0.3, -0.25) is 4.79 Å². The largest absolute Gasteiger partial charge is 0.373 e. The molecule has 142 valence electrons. The van der Waals surface area contributed by atoms with Gasteiger partial charge >= 0.3 is 0 Å². The fraction of sp³-hybridized carbons (Fsp3) is 0.235. The maximum absolute atomic E-state index is 12.0. The van der Waals surface area contributed by atoms with E-state index in [0.717, 1.165) is 6.26 Å². The van der Waals surface area contributed by atoms with Crippen molar-refractivity contribution in [1.82, 2.24) is 14.6 Å². The number of fused-ring (bicyclic) bond motifs is 1. The number of anilines is 4. The summed E-state index contributed by atoms with van der Waals surface area (Å²) in [6.07, 6.45) is 3.00. The summed E-state index contributed by atoms with van der Waals surface area (Å²) >= 11 is 0. The van der Waals surface area contributed by atoms with E-state index in [9.17, 15) is 13.2 Å². The minimum Gasteiger partial charge on any atom is -0.373 e. The molecule has 0 aliphatic carbocycles. The predicted molar refractivity (Wildman–Crippen MR) is 104 cm³/mol. The van der Waals surface area contributed by atoms with Crippen molar-refractivity contribution in [2.75, 3.05) is 29.3 Å². The molecule has 0 fully saturated rings. The van der Waals surface area contributed by atoms with Crippen molar-refractivity contribution in [3.8, 4) is 0 Å². The second kappa shape index (κ2) is 7.23. The Balaban J connectivity index is 2.08. The van der Waals surface area contributed by atoms with Crippen LogP contribution in [-0.4, -0.2) is 42.2 Å². The van der Waals surface area contributed by atoms with Gasteiger partial charge in [-0.15, -0.1) is 0 Å². The molecule has 1 aromatic carbocycles. The van der Waals surface area contributed by atoms with E-state index >= 15 is 0 Å². The number of sulfone groups is 1. The lowest BCUT2D eigenvalue weighted by molar-refractivity contribution is -0.115. The van der Waals surface area contributed by atoms with Crippen LogP contribution in [-0.2, 0) is 14.6 Å². The Morgan fingerprint density at radius 3 is 2.63 bits per heavy atom. The van der Waals surface area contributed by atoms with Gasteiger partial charge < -0.3 is 16.0 Å². The first-order valence-corrected chi connectivity index (χ1v) is 10.1. The molecule has 27 heavy (non-hydrogen) atoms. The van der Waals surface area contributed by atoms with Crippen LogP contribution in [0.2, 0.25) is 0 Å². The third kappa shape index (κ3) is 3.85. The van der Waals surface area contributed by atoms with Crippen molar-refractivity contribution in [3.05, 3.63) is 36.5 Å². The van der Waals surface area contributed by atoms with Gasteiger partial charge in [-0.05, 0) is 12.1 Å². The standard InChI is InChI=1S/C17H20N6O3S/c1-4-16(24)21-12-10-19-23-15(18-2)9-14(22-17(12)23)20-11-7-5-6-8-13(11)27(3,25)26/h5-10,18H,4H2,1-3H3,(H,20,22)(H,21,24). The highest BCUT2D eigenvalue weighted by Gasteiger charge is 2.16. The molecular weight excluding hydrogens is 368 g/mol. The molecule has 0 aliphatic heterocycles. The SMILES string of the molecule is CCC(=O)Nc1cnn2c(NC)cc(Nc3ccccc3S(C)(=O)=O)nc12. The van der Waals surface area contributed by atoms with Gasteiger partial charge in [0.25, 0.3) is 0 Å². The molecule has 0 aliphatic rings. The molecule has 10 heteroatoms.